The Morgan fingerprint density at radius 2 is 1.92 bits per heavy atom. The summed E-state index contributed by atoms with van der Waals surface area (Å²) < 4.78 is 23.1. The second kappa shape index (κ2) is 2.93. The summed E-state index contributed by atoms with van der Waals surface area (Å²) >= 11 is 0. The molecule has 0 spiro atoms. The van der Waals surface area contributed by atoms with Crippen LogP contribution in [0.25, 0.3) is 0 Å². The number of hydrogen-bond acceptors (Lipinski definition) is 4. The zero-order valence-electron chi connectivity index (χ0n) is 7.57. The highest BCUT2D eigenvalue weighted by Gasteiger charge is 2.52. The lowest BCUT2D eigenvalue weighted by Gasteiger charge is -2.24. The van der Waals surface area contributed by atoms with Gasteiger partial charge in [0.15, 0.2) is 9.84 Å². The smallest absolute Gasteiger partial charge is 0.159 e. The molecule has 2 fully saturated rings. The van der Waals surface area contributed by atoms with Crippen LogP contribution in [-0.4, -0.2) is 55.2 Å². The van der Waals surface area contributed by atoms with Gasteiger partial charge < -0.3 is 10.0 Å². The average molecular weight is 205 g/mol. The topological polar surface area (TPSA) is 57.6 Å². The van der Waals surface area contributed by atoms with Crippen LogP contribution in [0.2, 0.25) is 0 Å². The molecule has 2 saturated heterocycles. The summed E-state index contributed by atoms with van der Waals surface area (Å²) in [6.45, 7) is 2.26. The minimum atomic E-state index is -3.07. The van der Waals surface area contributed by atoms with E-state index in [0.29, 0.717) is 6.54 Å². The Kier molecular flexibility index (Phi) is 2.13. The lowest BCUT2D eigenvalue weighted by molar-refractivity contribution is 0.318. The van der Waals surface area contributed by atoms with E-state index in [4.69, 9.17) is 5.11 Å². The number of sulfone groups is 1. The first-order chi connectivity index (χ1) is 6.10. The van der Waals surface area contributed by atoms with Crippen LogP contribution in [-0.2, 0) is 9.84 Å². The van der Waals surface area contributed by atoms with Gasteiger partial charge in [-0.2, -0.15) is 0 Å². The molecule has 5 heteroatoms. The predicted molar refractivity (Wildman–Crippen MR) is 49.3 cm³/mol. The summed E-state index contributed by atoms with van der Waals surface area (Å²) in [5, 5.41) is 8.69. The van der Waals surface area contributed by atoms with Crippen molar-refractivity contribution in [3.63, 3.8) is 0 Å². The van der Waals surface area contributed by atoms with Crippen LogP contribution in [0.4, 0.5) is 0 Å². The third-order valence-corrected chi connectivity index (χ3v) is 5.88. The Hall–Kier alpha value is -0.130. The molecule has 0 amide bonds. The van der Waals surface area contributed by atoms with Crippen molar-refractivity contribution in [2.45, 2.75) is 17.6 Å². The molecule has 4 nitrogen and oxygen atoms in total. The van der Waals surface area contributed by atoms with E-state index in [1.165, 1.54) is 0 Å². The van der Waals surface area contributed by atoms with E-state index < -0.39 is 14.6 Å². The van der Waals surface area contributed by atoms with E-state index in [2.05, 4.69) is 4.90 Å². The number of nitrogens with zero attached hydrogens (tertiary/aromatic N) is 1. The molecule has 0 aliphatic carbocycles. The maximum atomic E-state index is 11.8. The van der Waals surface area contributed by atoms with E-state index in [9.17, 15) is 8.42 Å². The molecule has 2 heterocycles. The highest BCUT2D eigenvalue weighted by atomic mass is 32.2. The Labute approximate surface area is 78.5 Å². The van der Waals surface area contributed by atoms with Crippen molar-refractivity contribution in [2.75, 3.05) is 32.0 Å². The maximum absolute atomic E-state index is 11.8. The molecule has 0 atom stereocenters. The summed E-state index contributed by atoms with van der Waals surface area (Å²) in [5.41, 5.74) is 0. The number of piperidine rings is 1. The highest BCUT2D eigenvalue weighted by Crippen LogP contribution is 2.39. The van der Waals surface area contributed by atoms with Crippen LogP contribution >= 0.6 is 0 Å². The second-order valence-electron chi connectivity index (χ2n) is 4.00. The maximum Gasteiger partial charge on any atom is 0.159 e. The summed E-state index contributed by atoms with van der Waals surface area (Å²) in [6.07, 6.45) is 1.52. The van der Waals surface area contributed by atoms with Gasteiger partial charge in [0.05, 0.1) is 17.1 Å². The zero-order valence-corrected chi connectivity index (χ0v) is 8.39. The van der Waals surface area contributed by atoms with Crippen molar-refractivity contribution in [3.8, 4) is 0 Å². The minimum Gasteiger partial charge on any atom is -0.395 e. The van der Waals surface area contributed by atoms with E-state index >= 15 is 0 Å². The van der Waals surface area contributed by atoms with Gasteiger partial charge in [-0.3, -0.25) is 0 Å². The molecular formula is C8H15NO3S. The van der Waals surface area contributed by atoms with Crippen molar-refractivity contribution >= 4 is 9.84 Å². The SMILES string of the molecule is O=S(=O)(CCO)C12CCN(CC1)C2. The quantitative estimate of drug-likeness (QED) is 0.658. The monoisotopic (exact) mass is 205 g/mol. The van der Waals surface area contributed by atoms with Crippen molar-refractivity contribution in [1.82, 2.24) is 4.90 Å². The lowest BCUT2D eigenvalue weighted by atomic mass is 10.1. The summed E-state index contributed by atoms with van der Waals surface area (Å²) in [6, 6.07) is 0. The van der Waals surface area contributed by atoms with Gasteiger partial charge in [0.1, 0.15) is 0 Å². The molecule has 2 rings (SSSR count). The van der Waals surface area contributed by atoms with Crippen molar-refractivity contribution in [2.24, 2.45) is 0 Å². The second-order valence-corrected chi connectivity index (χ2v) is 6.51. The summed E-state index contributed by atoms with van der Waals surface area (Å²) in [7, 11) is -3.07. The molecule has 2 bridgehead atoms. The standard InChI is InChI=1S/C8H15NO3S/c10-5-6-13(11,12)8-1-3-9(7-8)4-2-8/h10H,1-7H2. The molecule has 0 saturated carbocycles. The fourth-order valence-corrected chi connectivity index (χ4v) is 4.29. The molecule has 0 aromatic rings. The number of fused-ring (bicyclic) bond motifs is 2. The van der Waals surface area contributed by atoms with Crippen LogP contribution in [0.3, 0.4) is 0 Å². The van der Waals surface area contributed by atoms with Crippen LogP contribution < -0.4 is 0 Å². The van der Waals surface area contributed by atoms with Gasteiger partial charge in [0.2, 0.25) is 0 Å². The number of rotatable bonds is 3. The summed E-state index contributed by atoms with van der Waals surface area (Å²) in [5.74, 6) is -0.0686. The van der Waals surface area contributed by atoms with Crippen LogP contribution in [0.1, 0.15) is 12.8 Å². The van der Waals surface area contributed by atoms with Crippen molar-refractivity contribution in [3.05, 3.63) is 0 Å². The van der Waals surface area contributed by atoms with E-state index in [1.54, 1.807) is 0 Å². The Morgan fingerprint density at radius 3 is 2.31 bits per heavy atom. The normalized spacial score (nSPS) is 38.4. The Morgan fingerprint density at radius 1 is 1.31 bits per heavy atom. The van der Waals surface area contributed by atoms with Gasteiger partial charge in [0.25, 0.3) is 0 Å². The van der Waals surface area contributed by atoms with Gasteiger partial charge >= 0.3 is 0 Å². The van der Waals surface area contributed by atoms with Gasteiger partial charge in [-0.25, -0.2) is 8.42 Å². The number of aliphatic hydroxyl groups excluding tert-OH is 1. The van der Waals surface area contributed by atoms with Gasteiger partial charge in [0, 0.05) is 6.54 Å². The fourth-order valence-electron chi connectivity index (χ4n) is 2.43. The van der Waals surface area contributed by atoms with E-state index in [0.717, 1.165) is 25.9 Å². The lowest BCUT2D eigenvalue weighted by Crippen LogP contribution is -2.40. The molecule has 13 heavy (non-hydrogen) atoms. The van der Waals surface area contributed by atoms with E-state index in [1.807, 2.05) is 0 Å². The van der Waals surface area contributed by atoms with Crippen LogP contribution in [0, 0.1) is 0 Å². The molecule has 0 radical (unpaired) electrons. The molecule has 0 aromatic carbocycles. The molecule has 0 aromatic heterocycles. The van der Waals surface area contributed by atoms with Crippen molar-refractivity contribution < 1.29 is 13.5 Å². The summed E-state index contributed by atoms with van der Waals surface area (Å²) in [4.78, 5) is 2.19. The first kappa shape index (κ1) is 9.43. The van der Waals surface area contributed by atoms with Crippen molar-refractivity contribution in [1.29, 1.82) is 0 Å². The average Bonchev–Trinajstić information content (AvgIpc) is 2.63. The first-order valence-electron chi connectivity index (χ1n) is 4.65. The van der Waals surface area contributed by atoms with Gasteiger partial charge in [-0.05, 0) is 25.9 Å². The number of aliphatic hydroxyl groups is 1. The molecule has 76 valence electrons. The van der Waals surface area contributed by atoms with E-state index in [-0.39, 0.29) is 12.4 Å². The number of hydrogen-bond donors (Lipinski definition) is 1. The largest absolute Gasteiger partial charge is 0.395 e. The third-order valence-electron chi connectivity index (χ3n) is 3.30. The minimum absolute atomic E-state index is 0.0686. The van der Waals surface area contributed by atoms with Gasteiger partial charge in [-0.15, -0.1) is 0 Å². The molecule has 2 aliphatic rings. The highest BCUT2D eigenvalue weighted by molar-refractivity contribution is 7.92. The molecule has 2 aliphatic heterocycles. The first-order valence-corrected chi connectivity index (χ1v) is 6.30. The van der Waals surface area contributed by atoms with Crippen LogP contribution in [0.5, 0.6) is 0 Å². The fraction of sp³-hybridized carbons (Fsp3) is 1.00. The molecule has 0 unspecified atom stereocenters. The molecular weight excluding hydrogens is 190 g/mol. The van der Waals surface area contributed by atoms with Crippen LogP contribution in [0.15, 0.2) is 0 Å². The Bertz CT molecular complexity index is 291. The predicted octanol–water partition coefficient (Wildman–Crippen LogP) is -0.758. The zero-order chi connectivity index (χ0) is 9.53. The third kappa shape index (κ3) is 1.30. The van der Waals surface area contributed by atoms with Gasteiger partial charge in [-0.1, -0.05) is 0 Å². The molecule has 1 N–H and O–H groups in total. The Balaban J connectivity index is 2.24.